The fraction of sp³-hybridized carbons (Fsp3) is 0.368. The minimum Gasteiger partial charge on any atom is -0.327 e. The van der Waals surface area contributed by atoms with E-state index >= 15 is 0 Å². The second kappa shape index (κ2) is 6.98. The highest BCUT2D eigenvalue weighted by Crippen LogP contribution is 2.23. The Morgan fingerprint density at radius 2 is 2.12 bits per heavy atom. The Bertz CT molecular complexity index is 878. The van der Waals surface area contributed by atoms with E-state index in [0.717, 1.165) is 48.7 Å². The van der Waals surface area contributed by atoms with Crippen LogP contribution in [0, 0.1) is 0 Å². The maximum Gasteiger partial charge on any atom is 0.265 e. The molecule has 1 N–H and O–H groups in total. The van der Waals surface area contributed by atoms with Gasteiger partial charge in [0.15, 0.2) is 0 Å². The summed E-state index contributed by atoms with van der Waals surface area (Å²) in [6, 6.07) is 9.71. The van der Waals surface area contributed by atoms with Gasteiger partial charge in [-0.25, -0.2) is 4.98 Å². The number of thiophene rings is 1. The van der Waals surface area contributed by atoms with Crippen LogP contribution in [0.3, 0.4) is 0 Å². The van der Waals surface area contributed by atoms with E-state index < -0.39 is 0 Å². The zero-order valence-electron chi connectivity index (χ0n) is 14.4. The molecule has 1 saturated heterocycles. The lowest BCUT2D eigenvalue weighted by atomic mass is 10.2. The zero-order valence-corrected chi connectivity index (χ0v) is 15.2. The van der Waals surface area contributed by atoms with Gasteiger partial charge in [0.2, 0.25) is 0 Å². The number of imidazole rings is 1. The van der Waals surface area contributed by atoms with Crippen molar-refractivity contribution in [1.82, 2.24) is 14.5 Å². The lowest BCUT2D eigenvalue weighted by Crippen LogP contribution is -2.21. The van der Waals surface area contributed by atoms with Crippen LogP contribution >= 0.6 is 11.3 Å². The number of hydrogen-bond donors (Lipinski definition) is 1. The zero-order chi connectivity index (χ0) is 17.2. The third kappa shape index (κ3) is 3.32. The lowest BCUT2D eigenvalue weighted by molar-refractivity contribution is 0.103. The molecule has 2 aromatic heterocycles. The van der Waals surface area contributed by atoms with Gasteiger partial charge in [0.1, 0.15) is 5.82 Å². The number of rotatable bonds is 5. The predicted molar refractivity (Wildman–Crippen MR) is 102 cm³/mol. The second-order valence-electron chi connectivity index (χ2n) is 6.39. The minimum absolute atomic E-state index is 0.0680. The topological polar surface area (TPSA) is 50.2 Å². The lowest BCUT2D eigenvalue weighted by Gasteiger charge is -2.14. The van der Waals surface area contributed by atoms with E-state index in [2.05, 4.69) is 27.8 Å². The number of benzene rings is 1. The molecule has 3 aromatic rings. The molecule has 4 rings (SSSR count). The van der Waals surface area contributed by atoms with Gasteiger partial charge in [0.25, 0.3) is 5.91 Å². The van der Waals surface area contributed by atoms with Gasteiger partial charge in [-0.15, -0.1) is 11.3 Å². The van der Waals surface area contributed by atoms with Crippen LogP contribution in [0.15, 0.2) is 35.7 Å². The number of nitrogens with one attached hydrogen (secondary N) is 1. The molecular weight excluding hydrogens is 332 g/mol. The molecule has 0 spiro atoms. The summed E-state index contributed by atoms with van der Waals surface area (Å²) in [5, 5.41) is 4.88. The van der Waals surface area contributed by atoms with Gasteiger partial charge in [-0.3, -0.25) is 9.69 Å². The molecule has 0 aliphatic carbocycles. The van der Waals surface area contributed by atoms with E-state index in [9.17, 15) is 4.79 Å². The molecule has 3 heterocycles. The summed E-state index contributed by atoms with van der Waals surface area (Å²) in [5.74, 6) is 1.04. The van der Waals surface area contributed by atoms with E-state index in [4.69, 9.17) is 4.98 Å². The Balaban J connectivity index is 1.60. The average Bonchev–Trinajstić information content (AvgIpc) is 3.35. The highest BCUT2D eigenvalue weighted by Gasteiger charge is 2.17. The molecule has 0 saturated carbocycles. The van der Waals surface area contributed by atoms with Crippen LogP contribution in [0.1, 0.15) is 35.3 Å². The Labute approximate surface area is 151 Å². The number of amides is 1. The number of fused-ring (bicyclic) bond motifs is 1. The predicted octanol–water partition coefficient (Wildman–Crippen LogP) is 3.97. The number of aryl methyl sites for hydroxylation is 1. The van der Waals surface area contributed by atoms with Crippen molar-refractivity contribution in [1.29, 1.82) is 0 Å². The third-order valence-corrected chi connectivity index (χ3v) is 5.58. The summed E-state index contributed by atoms with van der Waals surface area (Å²) in [4.78, 5) is 20.3. The molecule has 1 fully saturated rings. The van der Waals surface area contributed by atoms with Crippen LogP contribution in [0.4, 0.5) is 5.69 Å². The van der Waals surface area contributed by atoms with Crippen molar-refractivity contribution in [3.05, 3.63) is 46.4 Å². The summed E-state index contributed by atoms with van der Waals surface area (Å²) < 4.78 is 2.28. The number of anilines is 1. The molecule has 1 aliphatic rings. The molecule has 0 atom stereocenters. The number of nitrogens with zero attached hydrogens (tertiary/aromatic N) is 3. The molecule has 0 bridgehead atoms. The molecule has 25 heavy (non-hydrogen) atoms. The van der Waals surface area contributed by atoms with Gasteiger partial charge in [-0.05, 0) is 62.5 Å². The minimum atomic E-state index is -0.0680. The number of carbonyl (C=O) groups excluding carboxylic acids is 1. The standard InChI is InChI=1S/C19H22N4OS/c1-2-23-16-8-7-14(20-19(24)17-6-5-11-25-17)12-15(16)21-18(23)13-22-9-3-4-10-22/h5-8,11-12H,2-4,9-10,13H2,1H3,(H,20,24). The first kappa shape index (κ1) is 16.3. The first-order valence-electron chi connectivity index (χ1n) is 8.81. The first-order chi connectivity index (χ1) is 12.2. The molecule has 6 heteroatoms. The SMILES string of the molecule is CCn1c(CN2CCCC2)nc2cc(NC(=O)c3cccs3)ccc21. The Morgan fingerprint density at radius 1 is 1.28 bits per heavy atom. The smallest absolute Gasteiger partial charge is 0.265 e. The van der Waals surface area contributed by atoms with Gasteiger partial charge in [0, 0.05) is 12.2 Å². The Hall–Kier alpha value is -2.18. The van der Waals surface area contributed by atoms with Gasteiger partial charge in [0.05, 0.1) is 22.5 Å². The van der Waals surface area contributed by atoms with Gasteiger partial charge < -0.3 is 9.88 Å². The van der Waals surface area contributed by atoms with Crippen molar-refractivity contribution in [2.45, 2.75) is 32.9 Å². The van der Waals surface area contributed by atoms with Crippen molar-refractivity contribution in [3.8, 4) is 0 Å². The number of aromatic nitrogens is 2. The summed E-state index contributed by atoms with van der Waals surface area (Å²) in [7, 11) is 0. The Morgan fingerprint density at radius 3 is 2.84 bits per heavy atom. The first-order valence-corrected chi connectivity index (χ1v) is 9.69. The molecule has 130 valence electrons. The van der Waals surface area contributed by atoms with E-state index in [1.165, 1.54) is 24.2 Å². The van der Waals surface area contributed by atoms with Crippen LogP contribution in [0.5, 0.6) is 0 Å². The van der Waals surface area contributed by atoms with Crippen LogP contribution in [0.25, 0.3) is 11.0 Å². The highest BCUT2D eigenvalue weighted by molar-refractivity contribution is 7.12. The molecular formula is C19H22N4OS. The summed E-state index contributed by atoms with van der Waals surface area (Å²) in [5.41, 5.74) is 2.87. The van der Waals surface area contributed by atoms with Crippen LogP contribution in [0.2, 0.25) is 0 Å². The summed E-state index contributed by atoms with van der Waals surface area (Å²) in [6.45, 7) is 6.28. The molecule has 5 nitrogen and oxygen atoms in total. The van der Waals surface area contributed by atoms with Gasteiger partial charge in [-0.2, -0.15) is 0 Å². The fourth-order valence-electron chi connectivity index (χ4n) is 3.47. The van der Waals surface area contributed by atoms with Crippen LogP contribution < -0.4 is 5.32 Å². The normalized spacial score (nSPS) is 15.1. The average molecular weight is 354 g/mol. The molecule has 1 aliphatic heterocycles. The van der Waals surface area contributed by atoms with E-state index in [-0.39, 0.29) is 5.91 Å². The van der Waals surface area contributed by atoms with Crippen molar-refractivity contribution >= 4 is 34.0 Å². The molecule has 0 radical (unpaired) electrons. The number of hydrogen-bond acceptors (Lipinski definition) is 4. The van der Waals surface area contributed by atoms with Crippen molar-refractivity contribution in [3.63, 3.8) is 0 Å². The van der Waals surface area contributed by atoms with Crippen LogP contribution in [-0.2, 0) is 13.1 Å². The van der Waals surface area contributed by atoms with Crippen molar-refractivity contribution in [2.24, 2.45) is 0 Å². The van der Waals surface area contributed by atoms with Crippen molar-refractivity contribution in [2.75, 3.05) is 18.4 Å². The fourth-order valence-corrected chi connectivity index (χ4v) is 4.09. The quantitative estimate of drug-likeness (QED) is 0.754. The number of carbonyl (C=O) groups is 1. The molecule has 1 amide bonds. The van der Waals surface area contributed by atoms with Gasteiger partial charge >= 0.3 is 0 Å². The monoisotopic (exact) mass is 354 g/mol. The van der Waals surface area contributed by atoms with E-state index in [1.807, 2.05) is 29.6 Å². The maximum absolute atomic E-state index is 12.2. The second-order valence-corrected chi connectivity index (χ2v) is 7.34. The summed E-state index contributed by atoms with van der Waals surface area (Å²) in [6.07, 6.45) is 2.57. The van der Waals surface area contributed by atoms with Crippen LogP contribution in [-0.4, -0.2) is 33.4 Å². The third-order valence-electron chi connectivity index (χ3n) is 4.71. The highest BCUT2D eigenvalue weighted by atomic mass is 32.1. The summed E-state index contributed by atoms with van der Waals surface area (Å²) >= 11 is 1.44. The molecule has 0 unspecified atom stereocenters. The Kier molecular flexibility index (Phi) is 4.55. The van der Waals surface area contributed by atoms with Crippen molar-refractivity contribution < 1.29 is 4.79 Å². The van der Waals surface area contributed by atoms with Gasteiger partial charge in [-0.1, -0.05) is 6.07 Å². The number of likely N-dealkylation sites (tertiary alicyclic amines) is 1. The maximum atomic E-state index is 12.2. The largest absolute Gasteiger partial charge is 0.327 e. The van der Waals surface area contributed by atoms with E-state index in [0.29, 0.717) is 4.88 Å². The molecule has 1 aromatic carbocycles. The van der Waals surface area contributed by atoms with E-state index in [1.54, 1.807) is 0 Å².